The van der Waals surface area contributed by atoms with Gasteiger partial charge in [0.2, 0.25) is 0 Å². The van der Waals surface area contributed by atoms with Gasteiger partial charge >= 0.3 is 12.3 Å². The minimum atomic E-state index is -5.07. The summed E-state index contributed by atoms with van der Waals surface area (Å²) in [6.07, 6.45) is -5.07. The third kappa shape index (κ3) is 3.58. The molecular formula is C11H7F4NO3. The van der Waals surface area contributed by atoms with Crippen LogP contribution in [0, 0.1) is 17.1 Å². The summed E-state index contributed by atoms with van der Waals surface area (Å²) in [6.45, 7) is 1.43. The summed E-state index contributed by atoms with van der Waals surface area (Å²) in [5.74, 6) is -3.50. The molecule has 0 aliphatic heterocycles. The SMILES string of the molecule is CCOC(=O)c1ccc(OC(F)(F)F)c(C#N)c1F. The Morgan fingerprint density at radius 3 is 2.53 bits per heavy atom. The van der Waals surface area contributed by atoms with E-state index in [0.717, 1.165) is 6.07 Å². The van der Waals surface area contributed by atoms with E-state index in [2.05, 4.69) is 9.47 Å². The predicted molar refractivity (Wildman–Crippen MR) is 53.8 cm³/mol. The summed E-state index contributed by atoms with van der Waals surface area (Å²) in [7, 11) is 0. The molecule has 1 aromatic rings. The fourth-order valence-corrected chi connectivity index (χ4v) is 1.24. The normalized spacial score (nSPS) is 10.7. The van der Waals surface area contributed by atoms with Crippen LogP contribution < -0.4 is 4.74 Å². The van der Waals surface area contributed by atoms with E-state index in [1.165, 1.54) is 13.0 Å². The van der Waals surface area contributed by atoms with Crippen molar-refractivity contribution in [3.05, 3.63) is 29.1 Å². The molecule has 0 fully saturated rings. The number of hydrogen-bond donors (Lipinski definition) is 0. The van der Waals surface area contributed by atoms with Crippen LogP contribution in [0.15, 0.2) is 12.1 Å². The standard InChI is InChI=1S/C11H7F4NO3/c1-2-18-10(17)6-3-4-8(19-11(13,14)15)7(5-16)9(6)12/h3-4H,2H2,1H3. The molecule has 1 aromatic carbocycles. The van der Waals surface area contributed by atoms with Gasteiger partial charge in [-0.15, -0.1) is 13.2 Å². The van der Waals surface area contributed by atoms with Crippen molar-refractivity contribution < 1.29 is 31.8 Å². The second-order valence-electron chi connectivity index (χ2n) is 3.18. The maximum Gasteiger partial charge on any atom is 0.573 e. The maximum atomic E-state index is 13.7. The number of nitriles is 1. The predicted octanol–water partition coefficient (Wildman–Crippen LogP) is 2.77. The number of hydrogen-bond acceptors (Lipinski definition) is 4. The van der Waals surface area contributed by atoms with Crippen molar-refractivity contribution in [3.8, 4) is 11.8 Å². The molecule has 0 aromatic heterocycles. The third-order valence-electron chi connectivity index (χ3n) is 1.94. The van der Waals surface area contributed by atoms with Crippen LogP contribution in [0.2, 0.25) is 0 Å². The van der Waals surface area contributed by atoms with Crippen LogP contribution in [0.5, 0.6) is 5.75 Å². The van der Waals surface area contributed by atoms with Gasteiger partial charge in [-0.25, -0.2) is 9.18 Å². The Morgan fingerprint density at radius 1 is 1.42 bits per heavy atom. The number of esters is 1. The van der Waals surface area contributed by atoms with Crippen LogP contribution in [-0.4, -0.2) is 18.9 Å². The second kappa shape index (κ2) is 5.56. The van der Waals surface area contributed by atoms with Gasteiger partial charge in [-0.1, -0.05) is 0 Å². The monoisotopic (exact) mass is 277 g/mol. The van der Waals surface area contributed by atoms with E-state index >= 15 is 0 Å². The first-order chi connectivity index (χ1) is 8.80. The highest BCUT2D eigenvalue weighted by Gasteiger charge is 2.33. The summed E-state index contributed by atoms with van der Waals surface area (Å²) < 4.78 is 57.8. The Balaban J connectivity index is 3.24. The molecule has 1 rings (SSSR count). The lowest BCUT2D eigenvalue weighted by Gasteiger charge is -2.12. The number of carbonyl (C=O) groups is 1. The fourth-order valence-electron chi connectivity index (χ4n) is 1.24. The zero-order chi connectivity index (χ0) is 14.6. The van der Waals surface area contributed by atoms with E-state index < -0.39 is 35.0 Å². The minimum Gasteiger partial charge on any atom is -0.462 e. The molecule has 0 spiro atoms. The van der Waals surface area contributed by atoms with Crippen molar-refractivity contribution in [2.45, 2.75) is 13.3 Å². The Hall–Kier alpha value is -2.30. The van der Waals surface area contributed by atoms with Crippen LogP contribution in [0.1, 0.15) is 22.8 Å². The molecule has 0 saturated carbocycles. The maximum absolute atomic E-state index is 13.7. The highest BCUT2D eigenvalue weighted by Crippen LogP contribution is 2.29. The smallest absolute Gasteiger partial charge is 0.462 e. The third-order valence-corrected chi connectivity index (χ3v) is 1.94. The zero-order valence-corrected chi connectivity index (χ0v) is 9.55. The largest absolute Gasteiger partial charge is 0.573 e. The molecule has 102 valence electrons. The lowest BCUT2D eigenvalue weighted by atomic mass is 10.1. The van der Waals surface area contributed by atoms with Gasteiger partial charge in [0.15, 0.2) is 5.82 Å². The van der Waals surface area contributed by atoms with Gasteiger partial charge < -0.3 is 9.47 Å². The minimum absolute atomic E-state index is 0.0407. The highest BCUT2D eigenvalue weighted by atomic mass is 19.4. The molecule has 0 aliphatic rings. The average Bonchev–Trinajstić information content (AvgIpc) is 2.27. The van der Waals surface area contributed by atoms with Gasteiger partial charge in [0.1, 0.15) is 17.4 Å². The Labute approximate surface area is 105 Å². The van der Waals surface area contributed by atoms with E-state index in [1.54, 1.807) is 0 Å². The highest BCUT2D eigenvalue weighted by molar-refractivity contribution is 5.90. The summed E-state index contributed by atoms with van der Waals surface area (Å²) in [5.41, 5.74) is -1.64. The van der Waals surface area contributed by atoms with Gasteiger partial charge in [-0.3, -0.25) is 0 Å². The van der Waals surface area contributed by atoms with Crippen molar-refractivity contribution >= 4 is 5.97 Å². The van der Waals surface area contributed by atoms with Crippen LogP contribution in [0.4, 0.5) is 17.6 Å². The van der Waals surface area contributed by atoms with Crippen molar-refractivity contribution in [1.82, 2.24) is 0 Å². The van der Waals surface area contributed by atoms with E-state index in [9.17, 15) is 22.4 Å². The molecule has 19 heavy (non-hydrogen) atoms. The van der Waals surface area contributed by atoms with Crippen molar-refractivity contribution in [2.75, 3.05) is 6.61 Å². The summed E-state index contributed by atoms with van der Waals surface area (Å²) >= 11 is 0. The molecule has 0 saturated heterocycles. The topological polar surface area (TPSA) is 59.3 Å². The van der Waals surface area contributed by atoms with Gasteiger partial charge in [0.25, 0.3) is 0 Å². The lowest BCUT2D eigenvalue weighted by Crippen LogP contribution is -2.19. The van der Waals surface area contributed by atoms with E-state index in [0.29, 0.717) is 6.07 Å². The Bertz CT molecular complexity index is 534. The molecule has 0 atom stereocenters. The summed E-state index contributed by atoms with van der Waals surface area (Å²) in [5, 5.41) is 8.64. The van der Waals surface area contributed by atoms with E-state index in [-0.39, 0.29) is 6.61 Å². The number of nitrogens with zero attached hydrogens (tertiary/aromatic N) is 1. The first-order valence-corrected chi connectivity index (χ1v) is 4.95. The zero-order valence-electron chi connectivity index (χ0n) is 9.55. The quantitative estimate of drug-likeness (QED) is 0.629. The van der Waals surface area contributed by atoms with Crippen LogP contribution in [0.3, 0.4) is 0 Å². The molecular weight excluding hydrogens is 270 g/mol. The summed E-state index contributed by atoms with van der Waals surface area (Å²) in [4.78, 5) is 11.3. The first-order valence-electron chi connectivity index (χ1n) is 4.95. The van der Waals surface area contributed by atoms with Gasteiger partial charge in [0, 0.05) is 0 Å². The molecule has 0 unspecified atom stereocenters. The van der Waals surface area contributed by atoms with Crippen molar-refractivity contribution in [1.29, 1.82) is 5.26 Å². The van der Waals surface area contributed by atoms with Crippen LogP contribution >= 0.6 is 0 Å². The van der Waals surface area contributed by atoms with Crippen LogP contribution in [-0.2, 0) is 4.74 Å². The number of carbonyl (C=O) groups excluding carboxylic acids is 1. The molecule has 0 amide bonds. The first kappa shape index (κ1) is 14.8. The number of halogens is 4. The van der Waals surface area contributed by atoms with Gasteiger partial charge in [-0.2, -0.15) is 5.26 Å². The number of ether oxygens (including phenoxy) is 2. The molecule has 0 radical (unpaired) electrons. The molecule has 0 N–H and O–H groups in total. The fraction of sp³-hybridized carbons (Fsp3) is 0.273. The number of rotatable bonds is 3. The molecule has 8 heteroatoms. The number of benzene rings is 1. The van der Waals surface area contributed by atoms with Crippen molar-refractivity contribution in [3.63, 3.8) is 0 Å². The Kier molecular flexibility index (Phi) is 4.32. The molecule has 0 heterocycles. The number of alkyl halides is 3. The Morgan fingerprint density at radius 2 is 2.05 bits per heavy atom. The van der Waals surface area contributed by atoms with Crippen molar-refractivity contribution in [2.24, 2.45) is 0 Å². The van der Waals surface area contributed by atoms with E-state index in [1.807, 2.05) is 0 Å². The van der Waals surface area contributed by atoms with Crippen LogP contribution in [0.25, 0.3) is 0 Å². The average molecular weight is 277 g/mol. The summed E-state index contributed by atoms with van der Waals surface area (Å²) in [6, 6.07) is 2.66. The lowest BCUT2D eigenvalue weighted by molar-refractivity contribution is -0.274. The van der Waals surface area contributed by atoms with Gasteiger partial charge in [-0.05, 0) is 19.1 Å². The molecule has 0 aliphatic carbocycles. The van der Waals surface area contributed by atoms with Gasteiger partial charge in [0.05, 0.1) is 12.2 Å². The second-order valence-corrected chi connectivity index (χ2v) is 3.18. The molecule has 4 nitrogen and oxygen atoms in total. The molecule has 0 bridgehead atoms. The van der Waals surface area contributed by atoms with E-state index in [4.69, 9.17) is 5.26 Å².